The van der Waals surface area contributed by atoms with Gasteiger partial charge in [0.25, 0.3) is 0 Å². The average molecular weight is 340 g/mol. The van der Waals surface area contributed by atoms with Crippen LogP contribution >= 0.6 is 11.3 Å². The fourth-order valence-corrected chi connectivity index (χ4v) is 5.45. The Labute approximate surface area is 134 Å². The molecule has 5 nitrogen and oxygen atoms in total. The molecule has 0 spiro atoms. The molecule has 1 fully saturated rings. The van der Waals surface area contributed by atoms with Gasteiger partial charge in [0.1, 0.15) is 0 Å². The minimum absolute atomic E-state index is 0.0427. The number of thiazole rings is 1. The zero-order valence-electron chi connectivity index (χ0n) is 12.8. The number of hydrogen-bond acceptors (Lipinski definition) is 4. The summed E-state index contributed by atoms with van der Waals surface area (Å²) in [6.07, 6.45) is 1.81. The number of piperidine rings is 1. The normalized spacial score (nSPS) is 18.1. The number of rotatable bonds is 3. The van der Waals surface area contributed by atoms with Crippen LogP contribution in [0.5, 0.6) is 0 Å². The van der Waals surface area contributed by atoms with E-state index in [1.54, 1.807) is 27.1 Å². The van der Waals surface area contributed by atoms with E-state index in [0.29, 0.717) is 30.4 Å². The molecule has 1 aromatic heterocycles. The molecule has 3 rings (SSSR count). The van der Waals surface area contributed by atoms with Crippen LogP contribution in [0.2, 0.25) is 0 Å². The first-order chi connectivity index (χ1) is 10.4. The van der Waals surface area contributed by atoms with Gasteiger partial charge in [-0.1, -0.05) is 18.3 Å². The van der Waals surface area contributed by atoms with E-state index >= 15 is 0 Å². The second kappa shape index (κ2) is 5.79. The largest absolute Gasteiger partial charge is 0.308 e. The van der Waals surface area contributed by atoms with Gasteiger partial charge in [0.05, 0.1) is 15.1 Å². The van der Waals surface area contributed by atoms with Crippen LogP contribution in [0.3, 0.4) is 0 Å². The molecule has 7 heteroatoms. The van der Waals surface area contributed by atoms with E-state index in [-0.39, 0.29) is 4.87 Å². The molecule has 0 radical (unpaired) electrons. The minimum Gasteiger partial charge on any atom is -0.299 e. The highest BCUT2D eigenvalue weighted by atomic mass is 32.2. The molecule has 0 amide bonds. The standard InChI is InChI=1S/C15H20N2O3S2/c1-3-17-13-5-4-12(10-14(13)21-15(17)18)22(19,20)16-8-6-11(2)7-9-16/h4-5,10-11H,3,6-9H2,1-2H3. The third-order valence-corrected chi connectivity index (χ3v) is 7.17. The molecule has 2 aromatic rings. The molecular formula is C15H20N2O3S2. The van der Waals surface area contributed by atoms with Crippen molar-refractivity contribution in [3.8, 4) is 0 Å². The highest BCUT2D eigenvalue weighted by Gasteiger charge is 2.28. The zero-order chi connectivity index (χ0) is 15.9. The van der Waals surface area contributed by atoms with Crippen molar-refractivity contribution in [3.63, 3.8) is 0 Å². The Morgan fingerprint density at radius 2 is 1.95 bits per heavy atom. The van der Waals surface area contributed by atoms with Crippen molar-refractivity contribution in [1.29, 1.82) is 0 Å². The number of nitrogens with zero attached hydrogens (tertiary/aromatic N) is 2. The smallest absolute Gasteiger partial charge is 0.299 e. The van der Waals surface area contributed by atoms with Crippen LogP contribution in [-0.2, 0) is 16.6 Å². The van der Waals surface area contributed by atoms with E-state index in [9.17, 15) is 13.2 Å². The summed E-state index contributed by atoms with van der Waals surface area (Å²) in [5.74, 6) is 0.581. The van der Waals surface area contributed by atoms with Crippen LogP contribution in [-0.4, -0.2) is 30.4 Å². The Balaban J connectivity index is 2.01. The first-order valence-electron chi connectivity index (χ1n) is 7.57. The van der Waals surface area contributed by atoms with Crippen LogP contribution < -0.4 is 4.87 Å². The SMILES string of the molecule is CCn1c(=O)sc2cc(S(=O)(=O)N3CCC(C)CC3)ccc21. The lowest BCUT2D eigenvalue weighted by molar-refractivity contribution is 0.288. The molecule has 120 valence electrons. The Bertz CT molecular complexity index is 843. The Morgan fingerprint density at radius 1 is 1.27 bits per heavy atom. The molecule has 0 bridgehead atoms. The summed E-state index contributed by atoms with van der Waals surface area (Å²) in [6, 6.07) is 5.01. The highest BCUT2D eigenvalue weighted by Crippen LogP contribution is 2.27. The molecule has 0 atom stereocenters. The summed E-state index contributed by atoms with van der Waals surface area (Å²) in [5.41, 5.74) is 0.809. The molecule has 0 aliphatic carbocycles. The lowest BCUT2D eigenvalue weighted by atomic mass is 10.0. The quantitative estimate of drug-likeness (QED) is 0.862. The van der Waals surface area contributed by atoms with E-state index in [2.05, 4.69) is 6.92 Å². The Kier molecular flexibility index (Phi) is 4.13. The molecule has 1 aliphatic rings. The van der Waals surface area contributed by atoms with E-state index in [1.165, 1.54) is 0 Å². The monoisotopic (exact) mass is 340 g/mol. The third kappa shape index (κ3) is 2.61. The summed E-state index contributed by atoms with van der Waals surface area (Å²) in [4.78, 5) is 12.1. The lowest BCUT2D eigenvalue weighted by Gasteiger charge is -2.29. The van der Waals surface area contributed by atoms with Crippen LogP contribution in [0.1, 0.15) is 26.7 Å². The van der Waals surface area contributed by atoms with Crippen LogP contribution in [0.4, 0.5) is 0 Å². The molecule has 0 saturated carbocycles. The molecule has 1 saturated heterocycles. The molecule has 22 heavy (non-hydrogen) atoms. The van der Waals surface area contributed by atoms with Crippen LogP contribution in [0.15, 0.2) is 27.9 Å². The first-order valence-corrected chi connectivity index (χ1v) is 9.82. The maximum atomic E-state index is 12.7. The van der Waals surface area contributed by atoms with Crippen LogP contribution in [0, 0.1) is 5.92 Å². The molecule has 1 aromatic carbocycles. The predicted molar refractivity (Wildman–Crippen MR) is 88.9 cm³/mol. The van der Waals surface area contributed by atoms with E-state index in [4.69, 9.17) is 0 Å². The van der Waals surface area contributed by atoms with Crippen molar-refractivity contribution in [3.05, 3.63) is 27.9 Å². The maximum Gasteiger partial charge on any atom is 0.308 e. The van der Waals surface area contributed by atoms with Gasteiger partial charge in [-0.25, -0.2) is 8.42 Å². The van der Waals surface area contributed by atoms with Crippen molar-refractivity contribution in [1.82, 2.24) is 8.87 Å². The van der Waals surface area contributed by atoms with Crippen molar-refractivity contribution in [2.45, 2.75) is 38.1 Å². The molecule has 1 aliphatic heterocycles. The van der Waals surface area contributed by atoms with Gasteiger partial charge >= 0.3 is 4.87 Å². The lowest BCUT2D eigenvalue weighted by Crippen LogP contribution is -2.37. The summed E-state index contributed by atoms with van der Waals surface area (Å²) in [7, 11) is -3.46. The molecule has 0 unspecified atom stereocenters. The second-order valence-corrected chi connectivity index (χ2v) is 8.76. The van der Waals surface area contributed by atoms with Gasteiger partial charge < -0.3 is 0 Å². The molecule has 2 heterocycles. The number of sulfonamides is 1. The topological polar surface area (TPSA) is 59.4 Å². The van der Waals surface area contributed by atoms with Crippen molar-refractivity contribution < 1.29 is 8.42 Å². The van der Waals surface area contributed by atoms with Gasteiger partial charge in [-0.15, -0.1) is 0 Å². The van der Waals surface area contributed by atoms with E-state index in [0.717, 1.165) is 34.4 Å². The molecular weight excluding hydrogens is 320 g/mol. The minimum atomic E-state index is -3.46. The highest BCUT2D eigenvalue weighted by molar-refractivity contribution is 7.89. The number of aryl methyl sites for hydroxylation is 1. The first kappa shape index (κ1) is 15.7. The number of fused-ring (bicyclic) bond motifs is 1. The van der Waals surface area contributed by atoms with Gasteiger partial charge in [-0.2, -0.15) is 4.31 Å². The van der Waals surface area contributed by atoms with Crippen molar-refractivity contribution in [2.75, 3.05) is 13.1 Å². The maximum absolute atomic E-state index is 12.7. The van der Waals surface area contributed by atoms with Gasteiger partial charge in [-0.3, -0.25) is 9.36 Å². The van der Waals surface area contributed by atoms with E-state index in [1.807, 2.05) is 6.92 Å². The Hall–Kier alpha value is -1.18. The number of hydrogen-bond donors (Lipinski definition) is 0. The zero-order valence-corrected chi connectivity index (χ0v) is 14.4. The third-order valence-electron chi connectivity index (χ3n) is 4.34. The van der Waals surface area contributed by atoms with Gasteiger partial charge in [0, 0.05) is 19.6 Å². The summed E-state index contributed by atoms with van der Waals surface area (Å²) < 4.78 is 29.5. The fraction of sp³-hybridized carbons (Fsp3) is 0.533. The van der Waals surface area contributed by atoms with Gasteiger partial charge in [0.2, 0.25) is 10.0 Å². The van der Waals surface area contributed by atoms with Crippen molar-refractivity contribution in [2.24, 2.45) is 5.92 Å². The second-order valence-electron chi connectivity index (χ2n) is 5.83. The predicted octanol–water partition coefficient (Wildman–Crippen LogP) is 2.50. The van der Waals surface area contributed by atoms with Gasteiger partial charge in [-0.05, 0) is 43.9 Å². The van der Waals surface area contributed by atoms with Crippen LogP contribution in [0.25, 0.3) is 10.2 Å². The van der Waals surface area contributed by atoms with E-state index < -0.39 is 10.0 Å². The fourth-order valence-electron chi connectivity index (χ4n) is 2.88. The summed E-state index contributed by atoms with van der Waals surface area (Å²) in [5, 5.41) is 0. The average Bonchev–Trinajstić information content (AvgIpc) is 2.81. The summed E-state index contributed by atoms with van der Waals surface area (Å²) >= 11 is 1.11. The van der Waals surface area contributed by atoms with Crippen molar-refractivity contribution >= 4 is 31.6 Å². The molecule has 0 N–H and O–H groups in total. The van der Waals surface area contributed by atoms with Gasteiger partial charge in [0.15, 0.2) is 0 Å². The Morgan fingerprint density at radius 3 is 2.59 bits per heavy atom. The summed E-state index contributed by atoms with van der Waals surface area (Å²) in [6.45, 7) is 5.81. The number of benzene rings is 1. The number of aromatic nitrogens is 1.